The molecule has 0 N–H and O–H groups in total. The summed E-state index contributed by atoms with van der Waals surface area (Å²) in [4.78, 5) is 9.59. The van der Waals surface area contributed by atoms with Gasteiger partial charge in [0.25, 0.3) is 0 Å². The van der Waals surface area contributed by atoms with Gasteiger partial charge in [-0.05, 0) is 51.7 Å². The molecule has 3 rings (SSSR count). The molecule has 0 aliphatic carbocycles. The lowest BCUT2D eigenvalue weighted by Crippen LogP contribution is -2.50. The first kappa shape index (κ1) is 15.9. The lowest BCUT2D eigenvalue weighted by atomic mass is 9.83. The monoisotopic (exact) mass is 306 g/mol. The van der Waals surface area contributed by atoms with Crippen molar-refractivity contribution in [1.82, 2.24) is 19.9 Å². The largest absolute Gasteiger partial charge is 0.338 e. The summed E-state index contributed by atoms with van der Waals surface area (Å²) in [7, 11) is 2.18. The zero-order valence-corrected chi connectivity index (χ0v) is 14.3. The number of fused-ring (bicyclic) bond motifs is 1. The average molecular weight is 306 g/mol. The molecule has 2 aliphatic heterocycles. The molecule has 5 heteroatoms. The summed E-state index contributed by atoms with van der Waals surface area (Å²) in [6.45, 7) is 8.72. The number of rotatable bonds is 5. The van der Waals surface area contributed by atoms with Crippen molar-refractivity contribution in [3.05, 3.63) is 11.7 Å². The van der Waals surface area contributed by atoms with Crippen LogP contribution in [0.3, 0.4) is 0 Å². The molecule has 0 amide bonds. The molecule has 1 aromatic rings. The first-order valence-corrected chi connectivity index (χ1v) is 8.88. The zero-order valence-electron chi connectivity index (χ0n) is 14.3. The van der Waals surface area contributed by atoms with Gasteiger partial charge in [-0.1, -0.05) is 25.4 Å². The van der Waals surface area contributed by atoms with E-state index in [0.717, 1.165) is 36.8 Å². The fourth-order valence-corrected chi connectivity index (χ4v) is 4.05. The second kappa shape index (κ2) is 7.09. The van der Waals surface area contributed by atoms with Crippen LogP contribution >= 0.6 is 0 Å². The smallest absolute Gasteiger partial charge is 0.240 e. The van der Waals surface area contributed by atoms with Crippen LogP contribution in [0.1, 0.15) is 63.6 Å². The molecule has 0 bridgehead atoms. The molecular weight excluding hydrogens is 276 g/mol. The van der Waals surface area contributed by atoms with Gasteiger partial charge in [-0.2, -0.15) is 4.98 Å². The van der Waals surface area contributed by atoms with E-state index in [9.17, 15) is 0 Å². The maximum atomic E-state index is 5.38. The van der Waals surface area contributed by atoms with Crippen LogP contribution < -0.4 is 0 Å². The third kappa shape index (κ3) is 3.69. The van der Waals surface area contributed by atoms with Gasteiger partial charge in [-0.25, -0.2) is 0 Å². The lowest BCUT2D eigenvalue weighted by molar-refractivity contribution is 0.0421. The summed E-state index contributed by atoms with van der Waals surface area (Å²) in [5.41, 5.74) is 0. The van der Waals surface area contributed by atoms with Gasteiger partial charge in [0.2, 0.25) is 5.89 Å². The highest BCUT2D eigenvalue weighted by atomic mass is 16.5. The van der Waals surface area contributed by atoms with Crippen molar-refractivity contribution >= 4 is 0 Å². The van der Waals surface area contributed by atoms with Crippen molar-refractivity contribution in [1.29, 1.82) is 0 Å². The number of piperidine rings is 2. The highest BCUT2D eigenvalue weighted by Gasteiger charge is 2.33. The average Bonchev–Trinajstić information content (AvgIpc) is 2.96. The van der Waals surface area contributed by atoms with Crippen LogP contribution in [0.5, 0.6) is 0 Å². The molecule has 0 saturated carbocycles. The van der Waals surface area contributed by atoms with E-state index < -0.39 is 0 Å². The van der Waals surface area contributed by atoms with Crippen LogP contribution in [0.4, 0.5) is 0 Å². The standard InChI is InChI=1S/C17H30N4O/c1-13(2)17-18-16(22-19-17)12-20(3)11-14-7-6-10-21-9-5-4-8-15(14)21/h13-15H,4-12H2,1-3H3/t14-,15+/m0/s1. The normalized spacial score (nSPS) is 26.6. The molecule has 1 aromatic heterocycles. The van der Waals surface area contributed by atoms with Crippen molar-refractivity contribution < 1.29 is 4.52 Å². The molecule has 0 aromatic carbocycles. The summed E-state index contributed by atoms with van der Waals surface area (Å²) in [6, 6.07) is 0.805. The fourth-order valence-electron chi connectivity index (χ4n) is 4.05. The highest BCUT2D eigenvalue weighted by Crippen LogP contribution is 2.31. The molecule has 0 radical (unpaired) electrons. The van der Waals surface area contributed by atoms with Gasteiger partial charge in [0.1, 0.15) is 0 Å². The van der Waals surface area contributed by atoms with Crippen molar-refractivity contribution in [2.45, 2.75) is 64.5 Å². The molecule has 124 valence electrons. The van der Waals surface area contributed by atoms with Gasteiger partial charge in [0.15, 0.2) is 5.82 Å². The summed E-state index contributed by atoms with van der Waals surface area (Å²) in [5, 5.41) is 4.06. The fraction of sp³-hybridized carbons (Fsp3) is 0.882. The minimum Gasteiger partial charge on any atom is -0.338 e. The Bertz CT molecular complexity index is 471. The molecule has 22 heavy (non-hydrogen) atoms. The van der Waals surface area contributed by atoms with E-state index in [4.69, 9.17) is 4.52 Å². The highest BCUT2D eigenvalue weighted by molar-refractivity contribution is 4.92. The third-order valence-electron chi connectivity index (χ3n) is 5.18. The zero-order chi connectivity index (χ0) is 15.5. The maximum Gasteiger partial charge on any atom is 0.240 e. The van der Waals surface area contributed by atoms with Crippen molar-refractivity contribution in [3.63, 3.8) is 0 Å². The van der Waals surface area contributed by atoms with Crippen LogP contribution in [0.2, 0.25) is 0 Å². The first-order valence-electron chi connectivity index (χ1n) is 8.88. The summed E-state index contributed by atoms with van der Waals surface area (Å²) in [6.07, 6.45) is 6.90. The Kier molecular flexibility index (Phi) is 5.14. The van der Waals surface area contributed by atoms with Gasteiger partial charge >= 0.3 is 0 Å². The molecule has 2 fully saturated rings. The molecule has 5 nitrogen and oxygen atoms in total. The van der Waals surface area contributed by atoms with Crippen molar-refractivity contribution in [2.24, 2.45) is 5.92 Å². The van der Waals surface area contributed by atoms with E-state index in [1.54, 1.807) is 0 Å². The molecular formula is C17H30N4O. The van der Waals surface area contributed by atoms with E-state index in [0.29, 0.717) is 5.92 Å². The van der Waals surface area contributed by atoms with E-state index >= 15 is 0 Å². The van der Waals surface area contributed by atoms with E-state index in [1.807, 2.05) is 0 Å². The predicted molar refractivity (Wildman–Crippen MR) is 86.7 cm³/mol. The second-order valence-corrected chi connectivity index (χ2v) is 7.40. The van der Waals surface area contributed by atoms with Crippen LogP contribution in [0.15, 0.2) is 4.52 Å². The van der Waals surface area contributed by atoms with Crippen molar-refractivity contribution in [3.8, 4) is 0 Å². The molecule has 0 unspecified atom stereocenters. The Labute approximate surface area is 134 Å². The summed E-state index contributed by atoms with van der Waals surface area (Å²) < 4.78 is 5.38. The summed E-state index contributed by atoms with van der Waals surface area (Å²) in [5.74, 6) is 2.70. The molecule has 3 heterocycles. The Morgan fingerprint density at radius 1 is 1.23 bits per heavy atom. The molecule has 2 aliphatic rings. The van der Waals surface area contributed by atoms with E-state index in [-0.39, 0.29) is 0 Å². The minimum absolute atomic E-state index is 0.331. The Morgan fingerprint density at radius 2 is 2.05 bits per heavy atom. The Hall–Kier alpha value is -0.940. The van der Waals surface area contributed by atoms with Crippen LogP contribution in [-0.2, 0) is 6.54 Å². The first-order chi connectivity index (χ1) is 10.6. The second-order valence-electron chi connectivity index (χ2n) is 7.40. The van der Waals surface area contributed by atoms with Crippen LogP contribution in [0, 0.1) is 5.92 Å². The maximum absolute atomic E-state index is 5.38. The molecule has 2 atom stereocenters. The minimum atomic E-state index is 0.331. The number of nitrogens with zero attached hydrogens (tertiary/aromatic N) is 4. The Balaban J connectivity index is 1.54. The van der Waals surface area contributed by atoms with Gasteiger partial charge in [0, 0.05) is 18.5 Å². The third-order valence-corrected chi connectivity index (χ3v) is 5.18. The van der Waals surface area contributed by atoms with Gasteiger partial charge in [-0.3, -0.25) is 4.90 Å². The Morgan fingerprint density at radius 3 is 2.82 bits per heavy atom. The number of hydrogen-bond donors (Lipinski definition) is 0. The quantitative estimate of drug-likeness (QED) is 0.837. The van der Waals surface area contributed by atoms with E-state index in [1.165, 1.54) is 45.2 Å². The van der Waals surface area contributed by atoms with Crippen LogP contribution in [-0.4, -0.2) is 52.7 Å². The van der Waals surface area contributed by atoms with Gasteiger partial charge in [-0.15, -0.1) is 0 Å². The topological polar surface area (TPSA) is 45.4 Å². The number of aromatic nitrogens is 2. The summed E-state index contributed by atoms with van der Waals surface area (Å²) >= 11 is 0. The molecule has 0 spiro atoms. The predicted octanol–water partition coefficient (Wildman–Crippen LogP) is 2.89. The molecule has 2 saturated heterocycles. The van der Waals surface area contributed by atoms with Crippen molar-refractivity contribution in [2.75, 3.05) is 26.7 Å². The van der Waals surface area contributed by atoms with Gasteiger partial charge < -0.3 is 9.42 Å². The van der Waals surface area contributed by atoms with E-state index in [2.05, 4.69) is 40.8 Å². The van der Waals surface area contributed by atoms with Crippen LogP contribution in [0.25, 0.3) is 0 Å². The number of hydrogen-bond acceptors (Lipinski definition) is 5. The van der Waals surface area contributed by atoms with Gasteiger partial charge in [0.05, 0.1) is 6.54 Å². The SMILES string of the molecule is CC(C)c1noc(CN(C)C[C@@H]2CCCN3CCCC[C@H]23)n1. The lowest BCUT2D eigenvalue weighted by Gasteiger charge is -2.45.